The van der Waals surface area contributed by atoms with E-state index in [4.69, 9.17) is 5.11 Å². The van der Waals surface area contributed by atoms with Gasteiger partial charge in [0.05, 0.1) is 6.20 Å². The maximum absolute atomic E-state index is 10.8. The van der Waals surface area contributed by atoms with Crippen LogP contribution < -0.4 is 4.90 Å². The van der Waals surface area contributed by atoms with Gasteiger partial charge in [-0.05, 0) is 10.4 Å². The highest BCUT2D eigenvalue weighted by Crippen LogP contribution is 2.17. The smallest absolute Gasteiger partial charge is 0.407 e. The molecule has 1 fully saturated rings. The molecule has 0 radical (unpaired) electrons. The number of anilines is 1. The number of nitrogens with zero attached hydrogens (tertiary/aromatic N) is 7. The van der Waals surface area contributed by atoms with Crippen LogP contribution in [0, 0.1) is 0 Å². The lowest BCUT2D eigenvalue weighted by Gasteiger charge is -2.33. The number of hydrogen-bond donors (Lipinski definition) is 1. The Hall–Kier alpha value is -2.45. The molecule has 3 rings (SSSR count). The van der Waals surface area contributed by atoms with Gasteiger partial charge in [0.15, 0.2) is 5.82 Å². The van der Waals surface area contributed by atoms with Crippen LogP contribution in [-0.4, -0.2) is 67.3 Å². The quantitative estimate of drug-likeness (QED) is 0.714. The van der Waals surface area contributed by atoms with Crippen LogP contribution in [-0.2, 0) is 0 Å². The van der Waals surface area contributed by atoms with Crippen LogP contribution in [0.3, 0.4) is 0 Å². The average molecular weight is 249 g/mol. The number of amides is 1. The van der Waals surface area contributed by atoms with E-state index in [1.54, 1.807) is 16.9 Å². The molecule has 3 heterocycles. The summed E-state index contributed by atoms with van der Waals surface area (Å²) in [5, 5.41) is 20.2. The van der Waals surface area contributed by atoms with E-state index in [-0.39, 0.29) is 0 Å². The van der Waals surface area contributed by atoms with E-state index in [9.17, 15) is 4.79 Å². The summed E-state index contributed by atoms with van der Waals surface area (Å²) in [6.07, 6.45) is 2.42. The fraction of sp³-hybridized carbons (Fsp3) is 0.444. The maximum atomic E-state index is 10.8. The molecular formula is C9H11N7O2. The van der Waals surface area contributed by atoms with Crippen molar-refractivity contribution >= 4 is 17.6 Å². The molecule has 0 spiro atoms. The Morgan fingerprint density at radius 3 is 2.78 bits per heavy atom. The number of fused-ring (bicyclic) bond motifs is 1. The lowest BCUT2D eigenvalue weighted by Crippen LogP contribution is -2.48. The van der Waals surface area contributed by atoms with E-state index in [2.05, 4.69) is 20.5 Å². The summed E-state index contributed by atoms with van der Waals surface area (Å²) >= 11 is 0. The molecule has 18 heavy (non-hydrogen) atoms. The zero-order valence-corrected chi connectivity index (χ0v) is 9.47. The van der Waals surface area contributed by atoms with E-state index in [0.717, 1.165) is 0 Å². The molecule has 0 saturated carbocycles. The van der Waals surface area contributed by atoms with Crippen LogP contribution in [0.4, 0.5) is 10.6 Å². The number of carboxylic acid groups (broad SMARTS) is 1. The topological polar surface area (TPSA) is 99.8 Å². The molecule has 1 saturated heterocycles. The molecule has 1 aliphatic rings. The van der Waals surface area contributed by atoms with Crippen molar-refractivity contribution in [1.82, 2.24) is 29.9 Å². The van der Waals surface area contributed by atoms with Gasteiger partial charge in [-0.25, -0.2) is 9.78 Å². The molecule has 9 nitrogen and oxygen atoms in total. The molecule has 0 aromatic carbocycles. The number of hydrogen-bond acceptors (Lipinski definition) is 6. The summed E-state index contributed by atoms with van der Waals surface area (Å²) in [5.41, 5.74) is 0.585. The summed E-state index contributed by atoms with van der Waals surface area (Å²) in [4.78, 5) is 18.5. The normalized spacial score (nSPS) is 16.2. The second kappa shape index (κ2) is 4.09. The third-order valence-corrected chi connectivity index (χ3v) is 2.95. The molecular weight excluding hydrogens is 238 g/mol. The third kappa shape index (κ3) is 1.69. The van der Waals surface area contributed by atoms with Crippen molar-refractivity contribution < 1.29 is 9.90 Å². The van der Waals surface area contributed by atoms with Crippen molar-refractivity contribution in [3.8, 4) is 0 Å². The Kier molecular flexibility index (Phi) is 2.43. The third-order valence-electron chi connectivity index (χ3n) is 2.95. The Bertz CT molecular complexity index is 575. The minimum Gasteiger partial charge on any atom is -0.465 e. The van der Waals surface area contributed by atoms with E-state index >= 15 is 0 Å². The van der Waals surface area contributed by atoms with Gasteiger partial charge in [0, 0.05) is 32.4 Å². The van der Waals surface area contributed by atoms with Crippen molar-refractivity contribution in [2.45, 2.75) is 0 Å². The van der Waals surface area contributed by atoms with Gasteiger partial charge in [-0.2, -0.15) is 4.52 Å². The lowest BCUT2D eigenvalue weighted by molar-refractivity contribution is 0.142. The number of carbonyl (C=O) groups is 1. The van der Waals surface area contributed by atoms with Crippen molar-refractivity contribution in [2.75, 3.05) is 31.1 Å². The molecule has 94 valence electrons. The van der Waals surface area contributed by atoms with Crippen LogP contribution in [0.2, 0.25) is 0 Å². The van der Waals surface area contributed by atoms with Gasteiger partial charge < -0.3 is 14.9 Å². The maximum Gasteiger partial charge on any atom is 0.407 e. The molecule has 1 aliphatic heterocycles. The fourth-order valence-electron chi connectivity index (χ4n) is 2.00. The van der Waals surface area contributed by atoms with Crippen LogP contribution in [0.1, 0.15) is 0 Å². The van der Waals surface area contributed by atoms with E-state index in [1.165, 1.54) is 4.90 Å². The summed E-state index contributed by atoms with van der Waals surface area (Å²) in [5.74, 6) is 0.688. The number of rotatable bonds is 1. The first-order valence-corrected chi connectivity index (χ1v) is 5.51. The van der Waals surface area contributed by atoms with Crippen LogP contribution in [0.15, 0.2) is 12.4 Å². The van der Waals surface area contributed by atoms with Gasteiger partial charge in [0.25, 0.3) is 0 Å². The zero-order chi connectivity index (χ0) is 12.5. The van der Waals surface area contributed by atoms with E-state index in [1.807, 2.05) is 4.90 Å². The lowest BCUT2D eigenvalue weighted by atomic mass is 10.3. The van der Waals surface area contributed by atoms with Crippen LogP contribution >= 0.6 is 0 Å². The SMILES string of the molecule is O=C(O)N1CCN(c2nccn3nnnc23)CC1. The number of aromatic nitrogens is 5. The Morgan fingerprint density at radius 2 is 2.06 bits per heavy atom. The highest BCUT2D eigenvalue weighted by molar-refractivity contribution is 5.67. The van der Waals surface area contributed by atoms with Crippen LogP contribution in [0.25, 0.3) is 5.65 Å². The minimum atomic E-state index is -0.884. The second-order valence-corrected chi connectivity index (χ2v) is 3.95. The zero-order valence-electron chi connectivity index (χ0n) is 9.47. The summed E-state index contributed by atoms with van der Waals surface area (Å²) in [6.45, 7) is 2.09. The van der Waals surface area contributed by atoms with Crippen molar-refractivity contribution in [3.63, 3.8) is 0 Å². The molecule has 0 atom stereocenters. The first kappa shape index (κ1) is 10.7. The van der Waals surface area contributed by atoms with Gasteiger partial charge in [-0.3, -0.25) is 0 Å². The number of piperazine rings is 1. The summed E-state index contributed by atoms with van der Waals surface area (Å²) in [6, 6.07) is 0. The van der Waals surface area contributed by atoms with Crippen molar-refractivity contribution in [3.05, 3.63) is 12.4 Å². The second-order valence-electron chi connectivity index (χ2n) is 3.95. The highest BCUT2D eigenvalue weighted by atomic mass is 16.4. The van der Waals surface area contributed by atoms with Gasteiger partial charge in [-0.1, -0.05) is 0 Å². The van der Waals surface area contributed by atoms with Gasteiger partial charge >= 0.3 is 6.09 Å². The minimum absolute atomic E-state index is 0.458. The van der Waals surface area contributed by atoms with E-state index < -0.39 is 6.09 Å². The van der Waals surface area contributed by atoms with Crippen molar-refractivity contribution in [1.29, 1.82) is 0 Å². The Morgan fingerprint density at radius 1 is 1.28 bits per heavy atom. The fourth-order valence-corrected chi connectivity index (χ4v) is 2.00. The van der Waals surface area contributed by atoms with Gasteiger partial charge in [-0.15, -0.1) is 5.10 Å². The molecule has 2 aromatic rings. The molecule has 0 bridgehead atoms. The molecule has 0 unspecified atom stereocenters. The number of tetrazole rings is 1. The Balaban J connectivity index is 1.84. The van der Waals surface area contributed by atoms with Crippen molar-refractivity contribution in [2.24, 2.45) is 0 Å². The van der Waals surface area contributed by atoms with Gasteiger partial charge in [0.2, 0.25) is 5.65 Å². The van der Waals surface area contributed by atoms with E-state index in [0.29, 0.717) is 37.6 Å². The largest absolute Gasteiger partial charge is 0.465 e. The van der Waals surface area contributed by atoms with Gasteiger partial charge in [0.1, 0.15) is 0 Å². The predicted octanol–water partition coefficient (Wildman–Crippen LogP) is -0.681. The monoisotopic (exact) mass is 249 g/mol. The average Bonchev–Trinajstić information content (AvgIpc) is 2.87. The molecule has 2 aromatic heterocycles. The molecule has 9 heteroatoms. The van der Waals surface area contributed by atoms with Crippen LogP contribution in [0.5, 0.6) is 0 Å². The Labute approximate surface area is 102 Å². The summed E-state index contributed by atoms with van der Waals surface area (Å²) in [7, 11) is 0. The molecule has 0 aliphatic carbocycles. The molecule has 1 N–H and O–H groups in total. The first-order valence-electron chi connectivity index (χ1n) is 5.51. The predicted molar refractivity (Wildman–Crippen MR) is 60.4 cm³/mol. The first-order chi connectivity index (χ1) is 8.75. The summed E-state index contributed by atoms with van der Waals surface area (Å²) < 4.78 is 1.55. The highest BCUT2D eigenvalue weighted by Gasteiger charge is 2.23. The standard InChI is InChI=1S/C9H11N7O2/c17-9(18)15-5-3-14(4-6-15)7-8-11-12-13-16(8)2-1-10-7/h1-2H,3-6H2,(H,17,18). The molecule has 1 amide bonds.